The molecule has 2 aromatic heterocycles. The zero-order valence-electron chi connectivity index (χ0n) is 9.17. The van der Waals surface area contributed by atoms with Crippen LogP contribution in [0.2, 0.25) is 0 Å². The highest BCUT2D eigenvalue weighted by Crippen LogP contribution is 2.32. The summed E-state index contributed by atoms with van der Waals surface area (Å²) in [4.78, 5) is 8.42. The van der Waals surface area contributed by atoms with Crippen molar-refractivity contribution < 1.29 is 0 Å². The van der Waals surface area contributed by atoms with Gasteiger partial charge in [0, 0.05) is 6.07 Å². The highest BCUT2D eigenvalue weighted by atomic mass is 32.2. The van der Waals surface area contributed by atoms with Gasteiger partial charge in [0.2, 0.25) is 0 Å². The first-order valence-electron chi connectivity index (χ1n) is 4.59. The van der Waals surface area contributed by atoms with Crippen LogP contribution >= 0.6 is 34.9 Å². The van der Waals surface area contributed by atoms with Gasteiger partial charge in [0.1, 0.15) is 16.7 Å². The number of hydrogen-bond donors (Lipinski definition) is 2. The Morgan fingerprint density at radius 2 is 2.06 bits per heavy atom. The molecule has 0 aliphatic heterocycles. The minimum absolute atomic E-state index is 0.592. The van der Waals surface area contributed by atoms with Gasteiger partial charge in [-0.3, -0.25) is 0 Å². The summed E-state index contributed by atoms with van der Waals surface area (Å²) in [6, 6.07) is 1.78. The molecule has 0 aromatic carbocycles. The molecule has 0 aliphatic carbocycles. The molecule has 2 heterocycles. The van der Waals surface area contributed by atoms with Crippen LogP contribution < -0.4 is 11.3 Å². The van der Waals surface area contributed by atoms with Crippen LogP contribution in [-0.4, -0.2) is 26.4 Å². The van der Waals surface area contributed by atoms with E-state index in [1.165, 1.54) is 23.1 Å². The Bertz CT molecular complexity index is 514. The third-order valence-electron chi connectivity index (χ3n) is 1.72. The average Bonchev–Trinajstić information content (AvgIpc) is 2.76. The van der Waals surface area contributed by atoms with Crippen molar-refractivity contribution in [2.75, 3.05) is 11.7 Å². The van der Waals surface area contributed by atoms with Crippen LogP contribution in [0.15, 0.2) is 19.8 Å². The van der Waals surface area contributed by atoms with Gasteiger partial charge < -0.3 is 5.43 Å². The second-order valence-electron chi connectivity index (χ2n) is 2.92. The molecular formula is C8H10N6S3. The zero-order valence-corrected chi connectivity index (χ0v) is 11.6. The van der Waals surface area contributed by atoms with Gasteiger partial charge in [0.05, 0.1) is 0 Å². The fourth-order valence-electron chi connectivity index (χ4n) is 1.08. The Balaban J connectivity index is 2.20. The molecule has 0 spiro atoms. The molecule has 0 saturated carbocycles. The standard InChI is InChI=1S/C8H10N6S3/c1-4-10-5(12-9)3-6(11-4)16-8-14-13-7(15-2)17-8/h3H,9H2,1-2H3,(H,10,11,12). The highest BCUT2D eigenvalue weighted by molar-refractivity contribution is 8.02. The van der Waals surface area contributed by atoms with E-state index in [0.29, 0.717) is 11.6 Å². The van der Waals surface area contributed by atoms with Gasteiger partial charge in [-0.15, -0.1) is 10.2 Å². The van der Waals surface area contributed by atoms with Gasteiger partial charge >= 0.3 is 0 Å². The molecule has 9 heteroatoms. The van der Waals surface area contributed by atoms with E-state index in [9.17, 15) is 0 Å². The Labute approximate surface area is 111 Å². The zero-order chi connectivity index (χ0) is 12.3. The average molecular weight is 286 g/mol. The molecular weight excluding hydrogens is 276 g/mol. The van der Waals surface area contributed by atoms with Gasteiger partial charge in [-0.25, -0.2) is 15.8 Å². The third kappa shape index (κ3) is 3.28. The monoisotopic (exact) mass is 286 g/mol. The van der Waals surface area contributed by atoms with Crippen molar-refractivity contribution in [1.29, 1.82) is 0 Å². The molecule has 2 rings (SSSR count). The van der Waals surface area contributed by atoms with Crippen molar-refractivity contribution in [2.24, 2.45) is 5.84 Å². The lowest BCUT2D eigenvalue weighted by Gasteiger charge is -2.02. The summed E-state index contributed by atoms with van der Waals surface area (Å²) in [5, 5.41) is 8.89. The van der Waals surface area contributed by atoms with Gasteiger partial charge in [0.25, 0.3) is 0 Å². The lowest BCUT2D eigenvalue weighted by atomic mass is 10.5. The maximum absolute atomic E-state index is 5.33. The molecule has 0 atom stereocenters. The van der Waals surface area contributed by atoms with Crippen molar-refractivity contribution in [3.05, 3.63) is 11.9 Å². The van der Waals surface area contributed by atoms with Crippen molar-refractivity contribution in [3.63, 3.8) is 0 Å². The van der Waals surface area contributed by atoms with Crippen molar-refractivity contribution in [3.8, 4) is 0 Å². The fraction of sp³-hybridized carbons (Fsp3) is 0.250. The van der Waals surface area contributed by atoms with Crippen LogP contribution in [0, 0.1) is 6.92 Å². The summed E-state index contributed by atoms with van der Waals surface area (Å²) >= 11 is 4.57. The minimum Gasteiger partial charge on any atom is -0.308 e. The number of hydrazine groups is 1. The van der Waals surface area contributed by atoms with Gasteiger partial charge in [-0.2, -0.15) is 0 Å². The molecule has 0 amide bonds. The summed E-state index contributed by atoms with van der Waals surface area (Å²) in [5.41, 5.74) is 2.51. The Morgan fingerprint density at radius 3 is 2.71 bits per heavy atom. The lowest BCUT2D eigenvalue weighted by molar-refractivity contribution is 0.941. The molecule has 2 aromatic rings. The second-order valence-corrected chi connectivity index (χ2v) is 6.22. The van der Waals surface area contributed by atoms with E-state index in [0.717, 1.165) is 13.7 Å². The van der Waals surface area contributed by atoms with E-state index in [1.807, 2.05) is 13.2 Å². The fourth-order valence-corrected chi connectivity index (χ4v) is 3.51. The SMILES string of the molecule is CSc1nnc(Sc2cc(NN)nc(C)n2)s1. The normalized spacial score (nSPS) is 10.5. The first-order valence-corrected chi connectivity index (χ1v) is 7.44. The molecule has 3 N–H and O–H groups in total. The predicted octanol–water partition coefficient (Wildman–Crippen LogP) is 1.80. The molecule has 90 valence electrons. The smallest absolute Gasteiger partial charge is 0.181 e. The maximum atomic E-state index is 5.33. The quantitative estimate of drug-likeness (QED) is 0.380. The summed E-state index contributed by atoms with van der Waals surface area (Å²) in [6.45, 7) is 1.82. The predicted molar refractivity (Wildman–Crippen MR) is 70.4 cm³/mol. The van der Waals surface area contributed by atoms with Gasteiger partial charge in [0.15, 0.2) is 8.68 Å². The number of nitrogens with one attached hydrogen (secondary N) is 1. The lowest BCUT2D eigenvalue weighted by Crippen LogP contribution is -2.09. The molecule has 6 nitrogen and oxygen atoms in total. The molecule has 0 saturated heterocycles. The molecule has 0 fully saturated rings. The summed E-state index contributed by atoms with van der Waals surface area (Å²) in [7, 11) is 0. The number of aromatic nitrogens is 4. The number of rotatable bonds is 4. The van der Waals surface area contributed by atoms with Crippen LogP contribution in [0.5, 0.6) is 0 Å². The van der Waals surface area contributed by atoms with Crippen molar-refractivity contribution in [2.45, 2.75) is 20.6 Å². The molecule has 0 bridgehead atoms. The minimum atomic E-state index is 0.592. The Kier molecular flexibility index (Phi) is 4.15. The first kappa shape index (κ1) is 12.6. The summed E-state index contributed by atoms with van der Waals surface area (Å²) in [6.07, 6.45) is 1.97. The third-order valence-corrected chi connectivity index (χ3v) is 4.58. The Hall–Kier alpha value is -0.900. The van der Waals surface area contributed by atoms with Crippen LogP contribution in [0.4, 0.5) is 5.82 Å². The maximum Gasteiger partial charge on any atom is 0.181 e. The van der Waals surface area contributed by atoms with E-state index in [1.54, 1.807) is 17.8 Å². The van der Waals surface area contributed by atoms with Gasteiger partial charge in [-0.05, 0) is 24.9 Å². The number of aryl methyl sites for hydroxylation is 1. The number of nitrogens with two attached hydrogens (primary N) is 1. The van der Waals surface area contributed by atoms with E-state index >= 15 is 0 Å². The number of anilines is 1. The van der Waals surface area contributed by atoms with Crippen molar-refractivity contribution in [1.82, 2.24) is 20.2 Å². The van der Waals surface area contributed by atoms with Crippen LogP contribution in [-0.2, 0) is 0 Å². The van der Waals surface area contributed by atoms with Crippen LogP contribution in [0.3, 0.4) is 0 Å². The van der Waals surface area contributed by atoms with E-state index in [-0.39, 0.29) is 0 Å². The number of nitrogen functional groups attached to an aromatic ring is 1. The molecule has 0 unspecified atom stereocenters. The number of hydrogen-bond acceptors (Lipinski definition) is 9. The first-order chi connectivity index (χ1) is 8.21. The largest absolute Gasteiger partial charge is 0.308 e. The van der Waals surface area contributed by atoms with Crippen molar-refractivity contribution >= 4 is 40.7 Å². The summed E-state index contributed by atoms with van der Waals surface area (Å²) < 4.78 is 1.80. The molecule has 0 aliphatic rings. The van der Waals surface area contributed by atoms with Gasteiger partial charge in [-0.1, -0.05) is 23.1 Å². The van der Waals surface area contributed by atoms with E-state index in [2.05, 4.69) is 25.6 Å². The van der Waals surface area contributed by atoms with Crippen LogP contribution in [0.1, 0.15) is 5.82 Å². The molecule has 0 radical (unpaired) electrons. The highest BCUT2D eigenvalue weighted by Gasteiger charge is 2.08. The topological polar surface area (TPSA) is 89.6 Å². The van der Waals surface area contributed by atoms with E-state index in [4.69, 9.17) is 5.84 Å². The van der Waals surface area contributed by atoms with E-state index < -0.39 is 0 Å². The summed E-state index contributed by atoms with van der Waals surface area (Å²) in [5.74, 6) is 6.59. The molecule has 17 heavy (non-hydrogen) atoms. The Morgan fingerprint density at radius 1 is 1.29 bits per heavy atom. The van der Waals surface area contributed by atoms with Crippen LogP contribution in [0.25, 0.3) is 0 Å². The number of nitrogens with zero attached hydrogens (tertiary/aromatic N) is 4. The number of thioether (sulfide) groups is 1. The second kappa shape index (κ2) is 5.63.